The van der Waals surface area contributed by atoms with E-state index in [1.54, 1.807) is 46.8 Å². The molecule has 7 nitrogen and oxygen atoms in total. The maximum atomic E-state index is 12.6. The third kappa shape index (κ3) is 4.40. The summed E-state index contributed by atoms with van der Waals surface area (Å²) in [7, 11) is -2.37. The molecular weight excluding hydrogens is 368 g/mol. The number of furan rings is 1. The molecule has 0 fully saturated rings. The summed E-state index contributed by atoms with van der Waals surface area (Å²) in [5, 5.41) is 13.4. The van der Waals surface area contributed by atoms with Crippen molar-refractivity contribution in [2.75, 3.05) is 13.6 Å². The molecule has 2 rings (SSSR count). The van der Waals surface area contributed by atoms with Crippen LogP contribution in [0.1, 0.15) is 45.5 Å². The molecule has 0 radical (unpaired) electrons. The average Bonchev–Trinajstić information content (AvgIpc) is 2.94. The molecule has 0 aliphatic rings. The fraction of sp³-hybridized carbons (Fsp3) is 0.421. The minimum absolute atomic E-state index is 0.0489. The molecule has 1 aromatic carbocycles. The Bertz CT molecular complexity index is 974. The molecule has 1 aromatic heterocycles. The summed E-state index contributed by atoms with van der Waals surface area (Å²) >= 11 is 0. The molecule has 148 valence electrons. The Balaban J connectivity index is 2.27. The van der Waals surface area contributed by atoms with Crippen molar-refractivity contribution in [3.63, 3.8) is 0 Å². The minimum atomic E-state index is -3.69. The standard InChI is InChI=1S/C19H26N2O5S/c1-11-7-15(9-17(13(11)3)27(24,25)20-6)18(22)21-10-19(5,23)16-8-12(2)26-14(16)4/h7-9,20,23H,10H2,1-6H3,(H,21,22). The van der Waals surface area contributed by atoms with Gasteiger partial charge in [-0.25, -0.2) is 13.1 Å². The molecule has 1 amide bonds. The van der Waals surface area contributed by atoms with E-state index in [0.717, 1.165) is 0 Å². The molecular formula is C19H26N2O5S. The first-order chi connectivity index (χ1) is 12.4. The highest BCUT2D eigenvalue weighted by molar-refractivity contribution is 7.89. The van der Waals surface area contributed by atoms with Crippen LogP contribution >= 0.6 is 0 Å². The molecule has 0 saturated heterocycles. The van der Waals surface area contributed by atoms with Crippen LogP contribution in [0, 0.1) is 27.7 Å². The normalized spacial score (nSPS) is 14.0. The van der Waals surface area contributed by atoms with Crippen LogP contribution in [-0.2, 0) is 15.6 Å². The Morgan fingerprint density at radius 3 is 2.33 bits per heavy atom. The summed E-state index contributed by atoms with van der Waals surface area (Å²) in [5.74, 6) is 0.786. The largest absolute Gasteiger partial charge is 0.466 e. The van der Waals surface area contributed by atoms with Crippen molar-refractivity contribution in [1.82, 2.24) is 10.0 Å². The zero-order valence-electron chi connectivity index (χ0n) is 16.4. The smallest absolute Gasteiger partial charge is 0.251 e. The summed E-state index contributed by atoms with van der Waals surface area (Å²) < 4.78 is 32.1. The SMILES string of the molecule is CNS(=O)(=O)c1cc(C(=O)NCC(C)(O)c2cc(C)oc2C)cc(C)c1C. The highest BCUT2D eigenvalue weighted by Gasteiger charge is 2.28. The van der Waals surface area contributed by atoms with Crippen LogP contribution in [0.4, 0.5) is 0 Å². The highest BCUT2D eigenvalue weighted by Crippen LogP contribution is 2.27. The van der Waals surface area contributed by atoms with E-state index in [1.807, 2.05) is 0 Å². The number of amides is 1. The van der Waals surface area contributed by atoms with Gasteiger partial charge in [-0.1, -0.05) is 0 Å². The Morgan fingerprint density at radius 1 is 1.19 bits per heavy atom. The van der Waals surface area contributed by atoms with E-state index in [0.29, 0.717) is 28.2 Å². The van der Waals surface area contributed by atoms with Crippen molar-refractivity contribution in [3.8, 4) is 0 Å². The van der Waals surface area contributed by atoms with E-state index < -0.39 is 21.5 Å². The highest BCUT2D eigenvalue weighted by atomic mass is 32.2. The number of nitrogens with one attached hydrogen (secondary N) is 2. The maximum Gasteiger partial charge on any atom is 0.251 e. The molecule has 0 aliphatic heterocycles. The Kier molecular flexibility index (Phi) is 5.84. The van der Waals surface area contributed by atoms with Crippen LogP contribution in [0.15, 0.2) is 27.5 Å². The van der Waals surface area contributed by atoms with Crippen LogP contribution < -0.4 is 10.0 Å². The van der Waals surface area contributed by atoms with Gasteiger partial charge in [0, 0.05) is 11.1 Å². The fourth-order valence-corrected chi connectivity index (χ4v) is 4.03. The van der Waals surface area contributed by atoms with Gasteiger partial charge in [-0.2, -0.15) is 0 Å². The number of sulfonamides is 1. The monoisotopic (exact) mass is 394 g/mol. The quantitative estimate of drug-likeness (QED) is 0.695. The number of hydrogen-bond donors (Lipinski definition) is 3. The summed E-state index contributed by atoms with van der Waals surface area (Å²) in [6.45, 7) is 8.50. The zero-order chi connectivity index (χ0) is 20.6. The number of hydrogen-bond acceptors (Lipinski definition) is 5. The van der Waals surface area contributed by atoms with E-state index in [9.17, 15) is 18.3 Å². The first-order valence-electron chi connectivity index (χ1n) is 8.52. The van der Waals surface area contributed by atoms with Crippen molar-refractivity contribution < 1.29 is 22.7 Å². The predicted octanol–water partition coefficient (Wildman–Crippen LogP) is 2.06. The van der Waals surface area contributed by atoms with Crippen molar-refractivity contribution in [2.24, 2.45) is 0 Å². The third-order valence-corrected chi connectivity index (χ3v) is 6.20. The van der Waals surface area contributed by atoms with Gasteiger partial charge in [-0.05, 0) is 71.0 Å². The lowest BCUT2D eigenvalue weighted by Crippen LogP contribution is -2.39. The van der Waals surface area contributed by atoms with Crippen molar-refractivity contribution >= 4 is 15.9 Å². The lowest BCUT2D eigenvalue weighted by Gasteiger charge is -2.23. The summed E-state index contributed by atoms with van der Waals surface area (Å²) in [5.41, 5.74) is 0.750. The van der Waals surface area contributed by atoms with Gasteiger partial charge in [0.05, 0.1) is 11.4 Å². The molecule has 0 bridgehead atoms. The first kappa shape index (κ1) is 21.1. The second-order valence-electron chi connectivity index (χ2n) is 6.91. The third-order valence-electron chi connectivity index (χ3n) is 4.65. The zero-order valence-corrected chi connectivity index (χ0v) is 17.2. The Morgan fingerprint density at radius 2 is 1.81 bits per heavy atom. The van der Waals surface area contributed by atoms with Gasteiger partial charge in [-0.15, -0.1) is 0 Å². The second kappa shape index (κ2) is 7.46. The summed E-state index contributed by atoms with van der Waals surface area (Å²) in [4.78, 5) is 12.6. The molecule has 1 atom stereocenters. The van der Waals surface area contributed by atoms with E-state index in [2.05, 4.69) is 10.0 Å². The van der Waals surface area contributed by atoms with E-state index in [-0.39, 0.29) is 17.0 Å². The van der Waals surface area contributed by atoms with E-state index in [1.165, 1.54) is 13.1 Å². The number of aryl methyl sites for hydroxylation is 3. The molecule has 0 spiro atoms. The van der Waals surface area contributed by atoms with Gasteiger partial charge >= 0.3 is 0 Å². The maximum absolute atomic E-state index is 12.6. The number of benzene rings is 1. The topological polar surface area (TPSA) is 109 Å². The van der Waals surface area contributed by atoms with Gasteiger partial charge in [0.1, 0.15) is 17.1 Å². The number of carbonyl (C=O) groups excluding carboxylic acids is 1. The molecule has 3 N–H and O–H groups in total. The van der Waals surface area contributed by atoms with Crippen LogP contribution in [0.5, 0.6) is 0 Å². The van der Waals surface area contributed by atoms with Gasteiger partial charge in [-0.3, -0.25) is 4.79 Å². The molecule has 1 unspecified atom stereocenters. The summed E-state index contributed by atoms with van der Waals surface area (Å²) in [6.07, 6.45) is 0. The Labute approximate surface area is 159 Å². The lowest BCUT2D eigenvalue weighted by molar-refractivity contribution is 0.0514. The minimum Gasteiger partial charge on any atom is -0.466 e. The number of rotatable bonds is 6. The number of carbonyl (C=O) groups is 1. The second-order valence-corrected chi connectivity index (χ2v) is 8.76. The fourth-order valence-electron chi connectivity index (χ4n) is 2.96. The lowest BCUT2D eigenvalue weighted by atomic mass is 9.96. The molecule has 1 heterocycles. The van der Waals surface area contributed by atoms with E-state index >= 15 is 0 Å². The van der Waals surface area contributed by atoms with E-state index in [4.69, 9.17) is 4.42 Å². The van der Waals surface area contributed by atoms with Crippen LogP contribution in [-0.4, -0.2) is 33.0 Å². The van der Waals surface area contributed by atoms with Gasteiger partial charge in [0.2, 0.25) is 10.0 Å². The van der Waals surface area contributed by atoms with Crippen LogP contribution in [0.3, 0.4) is 0 Å². The number of aliphatic hydroxyl groups is 1. The summed E-state index contributed by atoms with van der Waals surface area (Å²) in [6, 6.07) is 4.70. The first-order valence-corrected chi connectivity index (χ1v) is 10.00. The van der Waals surface area contributed by atoms with Crippen LogP contribution in [0.2, 0.25) is 0 Å². The average molecular weight is 394 g/mol. The molecule has 2 aromatic rings. The Hall–Kier alpha value is -2.16. The van der Waals surface area contributed by atoms with Crippen molar-refractivity contribution in [2.45, 2.75) is 45.1 Å². The van der Waals surface area contributed by atoms with Gasteiger partial charge < -0.3 is 14.8 Å². The van der Waals surface area contributed by atoms with Gasteiger partial charge in [0.15, 0.2) is 0 Å². The van der Waals surface area contributed by atoms with Crippen LogP contribution in [0.25, 0.3) is 0 Å². The predicted molar refractivity (Wildman–Crippen MR) is 102 cm³/mol. The molecule has 0 saturated carbocycles. The van der Waals surface area contributed by atoms with Crippen molar-refractivity contribution in [3.05, 3.63) is 52.0 Å². The molecule has 0 aliphatic carbocycles. The molecule has 8 heteroatoms. The molecule has 27 heavy (non-hydrogen) atoms. The van der Waals surface area contributed by atoms with Gasteiger partial charge in [0.25, 0.3) is 5.91 Å². The van der Waals surface area contributed by atoms with Crippen molar-refractivity contribution in [1.29, 1.82) is 0 Å².